The second-order valence-corrected chi connectivity index (χ2v) is 27.1. The molecule has 7 aliphatic rings. The Hall–Kier alpha value is -1.80. The first-order valence-corrected chi connectivity index (χ1v) is 35.0. The van der Waals surface area contributed by atoms with Gasteiger partial charge in [-0.3, -0.25) is 0 Å². The van der Waals surface area contributed by atoms with Crippen LogP contribution in [0.3, 0.4) is 0 Å². The number of nitrogens with one attached hydrogen (secondary N) is 1. The molecule has 9 nitrogen and oxygen atoms in total. The summed E-state index contributed by atoms with van der Waals surface area (Å²) < 4.78 is 5.10. The third kappa shape index (κ3) is 96.0. The van der Waals surface area contributed by atoms with Crippen molar-refractivity contribution >= 4 is 15.9 Å². The van der Waals surface area contributed by atoms with E-state index in [0.29, 0.717) is 5.41 Å². The van der Waals surface area contributed by atoms with Gasteiger partial charge in [0.2, 0.25) is 0 Å². The number of hydrogen-bond acceptors (Lipinski definition) is 9. The third-order valence-corrected chi connectivity index (χ3v) is 13.7. The van der Waals surface area contributed by atoms with Gasteiger partial charge in [-0.05, 0) is 261 Å². The SMILES string of the molecule is C.CBr.CC#CC.CC#Cc1ccccc1.CC(C)(C)C.CC(C)C.CC1=CCN(C)CC1.CC1CCCC1.CC1CCN(C)CC1.CC1CCNCC1.CCCN(C)C.CCN(C)C.CN1CCCC1.CN1CCOCC1.C[C@@H]1CCN(C)C1. The predicted molar refractivity (Wildman–Crippen MR) is 395 cm³/mol. The van der Waals surface area contributed by atoms with Gasteiger partial charge in [0.15, 0.2) is 0 Å². The molecule has 85 heavy (non-hydrogen) atoms. The summed E-state index contributed by atoms with van der Waals surface area (Å²) in [6, 6.07) is 9.95. The van der Waals surface area contributed by atoms with Crippen molar-refractivity contribution in [2.75, 3.05) is 174 Å². The number of morpholine rings is 1. The van der Waals surface area contributed by atoms with Gasteiger partial charge in [-0.1, -0.05) is 175 Å². The van der Waals surface area contributed by atoms with Gasteiger partial charge in [0, 0.05) is 38.3 Å². The first kappa shape index (κ1) is 96.8. The Bertz CT molecular complexity index is 1490. The van der Waals surface area contributed by atoms with E-state index in [2.05, 4.69) is 246 Å². The van der Waals surface area contributed by atoms with E-state index in [4.69, 9.17) is 4.74 Å². The zero-order valence-corrected chi connectivity index (χ0v) is 63.4. The minimum Gasteiger partial charge on any atom is -0.379 e. The van der Waals surface area contributed by atoms with E-state index >= 15 is 0 Å². The Morgan fingerprint density at radius 2 is 0.976 bits per heavy atom. The summed E-state index contributed by atoms with van der Waals surface area (Å²) >= 11 is 2.94. The molecule has 1 aromatic rings. The van der Waals surface area contributed by atoms with Gasteiger partial charge in [-0.15, -0.1) is 17.8 Å². The Balaban J connectivity index is -0.000000155. The maximum atomic E-state index is 5.10. The number of hydrogen-bond donors (Lipinski definition) is 1. The van der Waals surface area contributed by atoms with Gasteiger partial charge >= 0.3 is 0 Å². The summed E-state index contributed by atoms with van der Waals surface area (Å²) in [5.41, 5.74) is 3.13. The lowest BCUT2D eigenvalue weighted by Crippen LogP contribution is -2.32. The summed E-state index contributed by atoms with van der Waals surface area (Å²) in [4.78, 5) is 16.0. The molecule has 1 N–H and O–H groups in total. The molecular weight excluding hydrogens is 1110 g/mol. The van der Waals surface area contributed by atoms with Crippen LogP contribution in [-0.4, -0.2) is 208 Å². The minimum absolute atomic E-state index is 0. The van der Waals surface area contributed by atoms with E-state index in [0.717, 1.165) is 74.5 Å². The topological polar surface area (TPSA) is 43.9 Å². The maximum absolute atomic E-state index is 5.10. The highest BCUT2D eigenvalue weighted by atomic mass is 79.9. The first-order valence-electron chi connectivity index (χ1n) is 33.4. The van der Waals surface area contributed by atoms with Crippen LogP contribution >= 0.6 is 15.9 Å². The second-order valence-electron chi connectivity index (χ2n) is 27.1. The molecule has 1 saturated carbocycles. The van der Waals surface area contributed by atoms with Gasteiger partial charge in [0.1, 0.15) is 0 Å². The van der Waals surface area contributed by atoms with Gasteiger partial charge in [-0.25, -0.2) is 0 Å². The second kappa shape index (κ2) is 71.3. The monoisotopic (exact) mass is 1260 g/mol. The van der Waals surface area contributed by atoms with Gasteiger partial charge in [-0.2, -0.15) is 0 Å². The molecule has 0 spiro atoms. The van der Waals surface area contributed by atoms with Crippen molar-refractivity contribution in [2.24, 2.45) is 35.0 Å². The van der Waals surface area contributed by atoms with E-state index in [1.54, 1.807) is 5.57 Å². The number of halogens is 1. The fraction of sp³-hybridized carbons (Fsp3) is 0.840. The fourth-order valence-electron chi connectivity index (χ4n) is 7.90. The number of piperidine rings is 2. The highest BCUT2D eigenvalue weighted by Crippen LogP contribution is 2.23. The summed E-state index contributed by atoms with van der Waals surface area (Å²) in [5, 5.41) is 3.32. The van der Waals surface area contributed by atoms with E-state index in [-0.39, 0.29) is 7.43 Å². The summed E-state index contributed by atoms with van der Waals surface area (Å²) in [6.45, 7) is 55.6. The molecule has 508 valence electrons. The van der Waals surface area contributed by atoms with Crippen LogP contribution in [0.1, 0.15) is 214 Å². The van der Waals surface area contributed by atoms with Crippen molar-refractivity contribution < 1.29 is 4.74 Å². The lowest BCUT2D eigenvalue weighted by molar-refractivity contribution is 0.0503. The molecule has 6 heterocycles. The number of benzene rings is 1. The highest BCUT2D eigenvalue weighted by Gasteiger charge is 2.14. The molecule has 0 unspecified atom stereocenters. The molecule has 6 fully saturated rings. The van der Waals surface area contributed by atoms with E-state index in [9.17, 15) is 0 Å². The largest absolute Gasteiger partial charge is 0.379 e. The van der Waals surface area contributed by atoms with Crippen LogP contribution in [0.15, 0.2) is 42.0 Å². The summed E-state index contributed by atoms with van der Waals surface area (Å²) in [5.74, 6) is 17.7. The van der Waals surface area contributed by atoms with Crippen LogP contribution in [0.4, 0.5) is 0 Å². The number of rotatable bonds is 3. The van der Waals surface area contributed by atoms with Gasteiger partial charge < -0.3 is 44.4 Å². The number of alkyl halides is 1. The van der Waals surface area contributed by atoms with Crippen LogP contribution in [0.2, 0.25) is 0 Å². The van der Waals surface area contributed by atoms with E-state index in [1.165, 1.54) is 149 Å². The molecule has 5 saturated heterocycles. The molecule has 10 heteroatoms. The Labute approximate surface area is 546 Å². The molecule has 1 aliphatic carbocycles. The molecule has 0 bridgehead atoms. The maximum Gasteiger partial charge on any atom is 0.0594 e. The summed E-state index contributed by atoms with van der Waals surface area (Å²) in [6.07, 6.45) is 20.5. The Morgan fingerprint density at radius 1 is 0.576 bits per heavy atom. The lowest BCUT2D eigenvalue weighted by Gasteiger charge is -2.26. The third-order valence-electron chi connectivity index (χ3n) is 13.7. The number of nitrogens with zero attached hydrogens (tertiary/aromatic N) is 7. The molecule has 0 radical (unpaired) electrons. The van der Waals surface area contributed by atoms with Crippen LogP contribution in [0, 0.1) is 58.7 Å². The van der Waals surface area contributed by atoms with Crippen LogP contribution in [0.5, 0.6) is 0 Å². The smallest absolute Gasteiger partial charge is 0.0594 e. The predicted octanol–water partition coefficient (Wildman–Crippen LogP) is 17.4. The molecule has 1 aromatic carbocycles. The van der Waals surface area contributed by atoms with Crippen LogP contribution in [-0.2, 0) is 4.74 Å². The highest BCUT2D eigenvalue weighted by molar-refractivity contribution is 9.08. The van der Waals surface area contributed by atoms with Crippen molar-refractivity contribution in [1.29, 1.82) is 0 Å². The Kier molecular flexibility index (Phi) is 81.2. The molecular formula is C75H155BrN8O. The van der Waals surface area contributed by atoms with Crippen LogP contribution < -0.4 is 5.32 Å². The quantitative estimate of drug-likeness (QED) is 0.181. The summed E-state index contributed by atoms with van der Waals surface area (Å²) in [7, 11) is 19.1. The van der Waals surface area contributed by atoms with Crippen molar-refractivity contribution in [3.63, 3.8) is 0 Å². The van der Waals surface area contributed by atoms with E-state index < -0.39 is 0 Å². The molecule has 0 amide bonds. The minimum atomic E-state index is 0. The first-order chi connectivity index (χ1) is 39.6. The zero-order chi connectivity index (χ0) is 65.6. The average molecular weight is 1270 g/mol. The van der Waals surface area contributed by atoms with Crippen molar-refractivity contribution in [3.05, 3.63) is 47.5 Å². The lowest BCUT2D eigenvalue weighted by atomic mass is 10.00. The van der Waals surface area contributed by atoms with Gasteiger partial charge in [0.05, 0.1) is 13.2 Å². The standard InChI is InChI=1S/C9H8.C7H15N.C7H13N.2C6H13N.C6H12.C5H11NO.C5H11N.C5H13N.C5H12.C4H11N.C4H10.C4H6.CH3Br.CH4/c1-2-6-9-7-4-3-5-8-9;2*1-7-3-5-8(2)6-4-7;1-6-3-4-7(2)5-6;1-6-2-4-7-5-3-6;1-6-4-2-3-5-6;1-6-2-4-7-5-3-6;1-6-4-2-3-5-6;1-4-5-6(2)3;1-5(2,3)4;1-4-5(2)3;1-4(2)3;1-3-4-2;1-2;/h3-5,7-8H,1H3;7H,3-6H2,1-2H3;3H,4-6H2,1-2H3;6H,3-5H2,1-2H3;6-7H,2-5H2,1H3;6H,2-5H2,1H3;2-5H2,1H3;2-5H2,1H3;4-5H2,1-3H3;1-4H3;4H2,1-3H3;4H,1-3H3;1-2H3;1H3;1H4/t;;;6-;;;;;;;;;;;/m...1.........../s1. The van der Waals surface area contributed by atoms with Crippen molar-refractivity contribution in [1.82, 2.24) is 39.6 Å². The van der Waals surface area contributed by atoms with E-state index in [1.807, 2.05) is 56.9 Å². The zero-order valence-electron chi connectivity index (χ0n) is 61.8. The normalized spacial score (nSPS) is 18.7. The molecule has 0 aromatic heterocycles. The number of likely N-dealkylation sites (tertiary alicyclic amines) is 3. The van der Waals surface area contributed by atoms with Crippen molar-refractivity contribution in [3.8, 4) is 23.7 Å². The van der Waals surface area contributed by atoms with Gasteiger partial charge in [0.25, 0.3) is 0 Å². The molecule has 6 aliphatic heterocycles. The molecule has 1 atom stereocenters. The van der Waals surface area contributed by atoms with Crippen LogP contribution in [0.25, 0.3) is 0 Å². The number of ether oxygens (including phenoxy) is 1. The number of likely N-dealkylation sites (N-methyl/N-ethyl adjacent to an activating group) is 2. The molecule has 8 rings (SSSR count). The van der Waals surface area contributed by atoms with Crippen molar-refractivity contribution in [2.45, 2.75) is 209 Å². The fourth-order valence-corrected chi connectivity index (χ4v) is 7.90. The average Bonchev–Trinajstić information content (AvgIpc) is 4.25. The Morgan fingerprint density at radius 3 is 1.19 bits per heavy atom.